The number of benzene rings is 1. The van der Waals surface area contributed by atoms with E-state index in [1.807, 2.05) is 4.57 Å². The minimum Gasteiger partial charge on any atom is -0.481 e. The standard InChI is InChI=1S/C15H19FN2O2S/c1-3-10(4-2)8-18-13-7-11(16)5-6-12(13)17-15(18)21-9-14(19)20/h5-7,10H,3-4,8-9H2,1-2H3,(H,19,20). The van der Waals surface area contributed by atoms with Crippen molar-refractivity contribution in [2.75, 3.05) is 5.75 Å². The first-order valence-corrected chi connectivity index (χ1v) is 8.04. The van der Waals surface area contributed by atoms with Crippen LogP contribution in [0.25, 0.3) is 11.0 Å². The van der Waals surface area contributed by atoms with Gasteiger partial charge in [0.05, 0.1) is 16.8 Å². The van der Waals surface area contributed by atoms with E-state index in [4.69, 9.17) is 5.11 Å². The van der Waals surface area contributed by atoms with E-state index in [0.717, 1.165) is 24.9 Å². The predicted octanol–water partition coefficient (Wildman–Crippen LogP) is 3.79. The lowest BCUT2D eigenvalue weighted by atomic mass is 10.0. The Morgan fingerprint density at radius 2 is 2.14 bits per heavy atom. The van der Waals surface area contributed by atoms with Crippen LogP contribution < -0.4 is 0 Å². The lowest BCUT2D eigenvalue weighted by molar-refractivity contribution is -0.133. The zero-order valence-corrected chi connectivity index (χ0v) is 13.0. The summed E-state index contributed by atoms with van der Waals surface area (Å²) in [6.45, 7) is 4.98. The maximum Gasteiger partial charge on any atom is 0.313 e. The second-order valence-corrected chi connectivity index (χ2v) is 5.95. The first-order chi connectivity index (χ1) is 10.0. The number of imidazole rings is 1. The van der Waals surface area contributed by atoms with Crippen molar-refractivity contribution in [3.63, 3.8) is 0 Å². The van der Waals surface area contributed by atoms with Crippen LogP contribution in [0.15, 0.2) is 23.4 Å². The zero-order valence-electron chi connectivity index (χ0n) is 12.2. The number of carboxylic acid groups (broad SMARTS) is 1. The molecule has 0 saturated carbocycles. The smallest absolute Gasteiger partial charge is 0.313 e. The van der Waals surface area contributed by atoms with Gasteiger partial charge in [0.1, 0.15) is 5.82 Å². The van der Waals surface area contributed by atoms with Crippen molar-refractivity contribution >= 4 is 28.8 Å². The van der Waals surface area contributed by atoms with Gasteiger partial charge in [-0.2, -0.15) is 0 Å². The Balaban J connectivity index is 2.42. The number of hydrogen-bond donors (Lipinski definition) is 1. The van der Waals surface area contributed by atoms with Gasteiger partial charge in [0, 0.05) is 6.54 Å². The van der Waals surface area contributed by atoms with Crippen LogP contribution in [0.3, 0.4) is 0 Å². The van der Waals surface area contributed by atoms with Crippen molar-refractivity contribution in [1.82, 2.24) is 9.55 Å². The highest BCUT2D eigenvalue weighted by Crippen LogP contribution is 2.27. The molecule has 21 heavy (non-hydrogen) atoms. The minimum atomic E-state index is -0.882. The van der Waals surface area contributed by atoms with Crippen molar-refractivity contribution in [2.45, 2.75) is 38.4 Å². The van der Waals surface area contributed by atoms with Gasteiger partial charge < -0.3 is 9.67 Å². The first-order valence-electron chi connectivity index (χ1n) is 7.05. The Morgan fingerprint density at radius 1 is 1.43 bits per heavy atom. The SMILES string of the molecule is CCC(CC)Cn1c(SCC(=O)O)nc2ccc(F)cc21. The van der Waals surface area contributed by atoms with E-state index >= 15 is 0 Å². The number of carbonyl (C=O) groups is 1. The number of carboxylic acids is 1. The molecule has 0 aliphatic rings. The van der Waals surface area contributed by atoms with Crippen molar-refractivity contribution < 1.29 is 14.3 Å². The molecule has 0 radical (unpaired) electrons. The Kier molecular flexibility index (Phi) is 5.22. The third-order valence-corrected chi connectivity index (χ3v) is 4.56. The molecule has 114 valence electrons. The predicted molar refractivity (Wildman–Crippen MR) is 82.1 cm³/mol. The average Bonchev–Trinajstić information content (AvgIpc) is 2.79. The number of aromatic nitrogens is 2. The van der Waals surface area contributed by atoms with Gasteiger partial charge in [-0.25, -0.2) is 9.37 Å². The number of halogens is 1. The molecule has 1 heterocycles. The molecule has 2 aromatic rings. The molecule has 0 bridgehead atoms. The average molecular weight is 310 g/mol. The van der Waals surface area contributed by atoms with E-state index in [9.17, 15) is 9.18 Å². The number of hydrogen-bond acceptors (Lipinski definition) is 3. The summed E-state index contributed by atoms with van der Waals surface area (Å²) in [5.74, 6) is -0.764. The van der Waals surface area contributed by atoms with Crippen LogP contribution in [0.5, 0.6) is 0 Å². The topological polar surface area (TPSA) is 55.1 Å². The highest BCUT2D eigenvalue weighted by molar-refractivity contribution is 7.99. The fourth-order valence-corrected chi connectivity index (χ4v) is 3.04. The van der Waals surface area contributed by atoms with Gasteiger partial charge in [0.15, 0.2) is 5.16 Å². The lowest BCUT2D eigenvalue weighted by Crippen LogP contribution is -2.11. The third-order valence-electron chi connectivity index (χ3n) is 3.60. The summed E-state index contributed by atoms with van der Waals surface area (Å²) in [7, 11) is 0. The molecule has 0 aliphatic carbocycles. The van der Waals surface area contributed by atoms with Crippen molar-refractivity contribution in [3.8, 4) is 0 Å². The number of rotatable bonds is 7. The van der Waals surface area contributed by atoms with E-state index < -0.39 is 5.97 Å². The first kappa shape index (κ1) is 15.8. The third kappa shape index (κ3) is 3.75. The highest BCUT2D eigenvalue weighted by Gasteiger charge is 2.16. The summed E-state index contributed by atoms with van der Waals surface area (Å²) in [6.07, 6.45) is 2.04. The van der Waals surface area contributed by atoms with Crippen molar-refractivity contribution in [2.24, 2.45) is 5.92 Å². The van der Waals surface area contributed by atoms with Gasteiger partial charge >= 0.3 is 5.97 Å². The lowest BCUT2D eigenvalue weighted by Gasteiger charge is -2.15. The van der Waals surface area contributed by atoms with Crippen LogP contribution in [0.2, 0.25) is 0 Å². The van der Waals surface area contributed by atoms with Gasteiger partial charge in [0.25, 0.3) is 0 Å². The summed E-state index contributed by atoms with van der Waals surface area (Å²) in [5.41, 5.74) is 1.44. The fourth-order valence-electron chi connectivity index (χ4n) is 2.29. The van der Waals surface area contributed by atoms with E-state index in [1.54, 1.807) is 6.07 Å². The van der Waals surface area contributed by atoms with Gasteiger partial charge in [-0.1, -0.05) is 38.5 Å². The number of aliphatic carboxylic acids is 1. The van der Waals surface area contributed by atoms with Gasteiger partial charge in [0.2, 0.25) is 0 Å². The van der Waals surface area contributed by atoms with Crippen LogP contribution in [0.4, 0.5) is 4.39 Å². The molecule has 6 heteroatoms. The van der Waals surface area contributed by atoms with Crippen LogP contribution in [0, 0.1) is 11.7 Å². The largest absolute Gasteiger partial charge is 0.481 e. The molecule has 0 amide bonds. The molecule has 0 atom stereocenters. The van der Waals surface area contributed by atoms with Gasteiger partial charge in [-0.05, 0) is 24.1 Å². The maximum absolute atomic E-state index is 13.5. The summed E-state index contributed by atoms with van der Waals surface area (Å²) in [4.78, 5) is 15.2. The highest BCUT2D eigenvalue weighted by atomic mass is 32.2. The second kappa shape index (κ2) is 6.93. The van der Waals surface area contributed by atoms with E-state index in [-0.39, 0.29) is 11.6 Å². The van der Waals surface area contributed by atoms with Crippen LogP contribution in [-0.4, -0.2) is 26.4 Å². The van der Waals surface area contributed by atoms with Crippen molar-refractivity contribution in [1.29, 1.82) is 0 Å². The number of fused-ring (bicyclic) bond motifs is 1. The quantitative estimate of drug-likeness (QED) is 0.791. The Labute approximate surface area is 127 Å². The fraction of sp³-hybridized carbons (Fsp3) is 0.467. The Morgan fingerprint density at radius 3 is 2.76 bits per heavy atom. The molecule has 4 nitrogen and oxygen atoms in total. The molecule has 1 aromatic carbocycles. The Bertz CT molecular complexity index is 638. The maximum atomic E-state index is 13.5. The number of thioether (sulfide) groups is 1. The molecular weight excluding hydrogens is 291 g/mol. The molecule has 0 aliphatic heterocycles. The van der Waals surface area contributed by atoms with Crippen molar-refractivity contribution in [3.05, 3.63) is 24.0 Å². The molecule has 2 rings (SSSR count). The molecule has 0 unspecified atom stereocenters. The van der Waals surface area contributed by atoms with E-state index in [1.165, 1.54) is 23.9 Å². The molecule has 1 N–H and O–H groups in total. The minimum absolute atomic E-state index is 0.0469. The van der Waals surface area contributed by atoms with Crippen LogP contribution in [0.1, 0.15) is 26.7 Å². The Hall–Kier alpha value is -1.56. The zero-order chi connectivity index (χ0) is 15.4. The van der Waals surface area contributed by atoms with Crippen LogP contribution >= 0.6 is 11.8 Å². The van der Waals surface area contributed by atoms with Crippen LogP contribution in [-0.2, 0) is 11.3 Å². The summed E-state index contributed by atoms with van der Waals surface area (Å²) >= 11 is 1.18. The van der Waals surface area contributed by atoms with Gasteiger partial charge in [-0.3, -0.25) is 4.79 Å². The molecule has 1 aromatic heterocycles. The molecular formula is C15H19FN2O2S. The van der Waals surface area contributed by atoms with Gasteiger partial charge in [-0.15, -0.1) is 0 Å². The molecule has 0 fully saturated rings. The second-order valence-electron chi connectivity index (χ2n) is 5.00. The molecule has 0 saturated heterocycles. The number of nitrogens with zero attached hydrogens (tertiary/aromatic N) is 2. The molecule has 0 spiro atoms. The van der Waals surface area contributed by atoms with E-state index in [0.29, 0.717) is 16.6 Å². The summed E-state index contributed by atoms with van der Waals surface area (Å²) < 4.78 is 15.4. The van der Waals surface area contributed by atoms with E-state index in [2.05, 4.69) is 18.8 Å². The normalized spacial score (nSPS) is 11.4. The monoisotopic (exact) mass is 310 g/mol. The summed E-state index contributed by atoms with van der Waals surface area (Å²) in [6, 6.07) is 4.48. The summed E-state index contributed by atoms with van der Waals surface area (Å²) in [5, 5.41) is 9.48.